The molecule has 2 N–H and O–H groups in total. The third-order valence-electron chi connectivity index (χ3n) is 4.04. The van der Waals surface area contributed by atoms with Crippen LogP contribution < -0.4 is 5.32 Å². The molecule has 1 saturated heterocycles. The van der Waals surface area contributed by atoms with Crippen molar-refractivity contribution >= 4 is 17.8 Å². The van der Waals surface area contributed by atoms with Gasteiger partial charge in [-0.1, -0.05) is 12.1 Å². The predicted octanol–water partition coefficient (Wildman–Crippen LogP) is 1.44. The highest BCUT2D eigenvalue weighted by Gasteiger charge is 2.33. The number of carbonyl (C=O) groups is 3. The Morgan fingerprint density at radius 1 is 1.30 bits per heavy atom. The van der Waals surface area contributed by atoms with Crippen molar-refractivity contribution in [1.82, 2.24) is 10.2 Å². The summed E-state index contributed by atoms with van der Waals surface area (Å²) in [6, 6.07) is 6.19. The highest BCUT2D eigenvalue weighted by atomic mass is 16.4. The van der Waals surface area contributed by atoms with Gasteiger partial charge in [-0.2, -0.15) is 0 Å². The molecule has 124 valence electrons. The standard InChI is InChI=1S/C17H22N2O4/c1-11(2)19-10-9-14(16(19)21)18-15(20)8-5-12-3-6-13(7-4-12)17(22)23/h3-4,6-7,11,14H,5,8-10H2,1-2H3,(H,18,20)(H,22,23). The maximum Gasteiger partial charge on any atom is 0.335 e. The van der Waals surface area contributed by atoms with Crippen LogP contribution >= 0.6 is 0 Å². The number of nitrogens with zero attached hydrogens (tertiary/aromatic N) is 1. The zero-order chi connectivity index (χ0) is 17.0. The highest BCUT2D eigenvalue weighted by Crippen LogP contribution is 2.14. The number of carbonyl (C=O) groups excluding carboxylic acids is 2. The van der Waals surface area contributed by atoms with Crippen molar-refractivity contribution in [1.29, 1.82) is 0 Å². The van der Waals surface area contributed by atoms with E-state index in [-0.39, 0.29) is 29.8 Å². The minimum absolute atomic E-state index is 0.0147. The average molecular weight is 318 g/mol. The summed E-state index contributed by atoms with van der Waals surface area (Å²) in [6.45, 7) is 4.60. The van der Waals surface area contributed by atoms with Crippen molar-refractivity contribution in [2.75, 3.05) is 6.54 Å². The zero-order valence-electron chi connectivity index (χ0n) is 13.4. The minimum atomic E-state index is -0.969. The molecule has 0 saturated carbocycles. The third kappa shape index (κ3) is 4.31. The molecule has 1 heterocycles. The maximum atomic E-state index is 12.1. The fraction of sp³-hybridized carbons (Fsp3) is 0.471. The second-order valence-corrected chi connectivity index (χ2v) is 6.04. The lowest BCUT2D eigenvalue weighted by atomic mass is 10.1. The Morgan fingerprint density at radius 3 is 2.48 bits per heavy atom. The number of aryl methyl sites for hydroxylation is 1. The lowest BCUT2D eigenvalue weighted by Gasteiger charge is -2.21. The Labute approximate surface area is 135 Å². The first-order valence-corrected chi connectivity index (χ1v) is 7.80. The number of amides is 2. The number of likely N-dealkylation sites (tertiary alicyclic amines) is 1. The molecule has 0 radical (unpaired) electrons. The summed E-state index contributed by atoms with van der Waals surface area (Å²) >= 11 is 0. The van der Waals surface area contributed by atoms with E-state index in [1.54, 1.807) is 17.0 Å². The van der Waals surface area contributed by atoms with Crippen molar-refractivity contribution < 1.29 is 19.5 Å². The molecule has 1 aliphatic heterocycles. The Bertz CT molecular complexity index is 595. The van der Waals surface area contributed by atoms with Crippen molar-refractivity contribution in [3.8, 4) is 0 Å². The number of hydrogen-bond acceptors (Lipinski definition) is 3. The summed E-state index contributed by atoms with van der Waals surface area (Å²) in [4.78, 5) is 36.7. The second kappa shape index (κ2) is 7.26. The van der Waals surface area contributed by atoms with E-state index < -0.39 is 12.0 Å². The molecule has 1 aromatic carbocycles. The molecule has 1 aromatic rings. The van der Waals surface area contributed by atoms with Gasteiger partial charge >= 0.3 is 5.97 Å². The van der Waals surface area contributed by atoms with Crippen LogP contribution in [-0.2, 0) is 16.0 Å². The van der Waals surface area contributed by atoms with E-state index >= 15 is 0 Å². The smallest absolute Gasteiger partial charge is 0.335 e. The van der Waals surface area contributed by atoms with Crippen molar-refractivity contribution in [2.45, 2.75) is 45.2 Å². The molecule has 2 rings (SSSR count). The number of benzene rings is 1. The molecule has 0 aliphatic carbocycles. The molecule has 0 bridgehead atoms. The first kappa shape index (κ1) is 17.0. The van der Waals surface area contributed by atoms with E-state index in [2.05, 4.69) is 5.32 Å². The van der Waals surface area contributed by atoms with Gasteiger partial charge < -0.3 is 15.3 Å². The normalized spacial score (nSPS) is 17.6. The third-order valence-corrected chi connectivity index (χ3v) is 4.04. The van der Waals surface area contributed by atoms with Crippen LogP contribution in [0.25, 0.3) is 0 Å². The molecule has 1 fully saturated rings. The number of hydrogen-bond donors (Lipinski definition) is 2. The Kier molecular flexibility index (Phi) is 5.36. The highest BCUT2D eigenvalue weighted by molar-refractivity contribution is 5.89. The molecule has 23 heavy (non-hydrogen) atoms. The summed E-state index contributed by atoms with van der Waals surface area (Å²) in [5.41, 5.74) is 1.12. The van der Waals surface area contributed by atoms with Gasteiger partial charge in [-0.05, 0) is 44.4 Å². The van der Waals surface area contributed by atoms with E-state index in [9.17, 15) is 14.4 Å². The molecule has 0 aromatic heterocycles. The molecular weight excluding hydrogens is 296 g/mol. The number of carboxylic acid groups (broad SMARTS) is 1. The average Bonchev–Trinajstić information content (AvgIpc) is 2.87. The molecule has 2 amide bonds. The van der Waals surface area contributed by atoms with Crippen LogP contribution in [0.4, 0.5) is 0 Å². The number of carboxylic acids is 1. The van der Waals surface area contributed by atoms with Crippen LogP contribution in [0.3, 0.4) is 0 Å². The lowest BCUT2D eigenvalue weighted by molar-refractivity contribution is -0.133. The topological polar surface area (TPSA) is 86.7 Å². The quantitative estimate of drug-likeness (QED) is 0.831. The number of nitrogens with one attached hydrogen (secondary N) is 1. The molecular formula is C17H22N2O4. The van der Waals surface area contributed by atoms with Crippen LogP contribution in [0.15, 0.2) is 24.3 Å². The van der Waals surface area contributed by atoms with Gasteiger partial charge in [-0.15, -0.1) is 0 Å². The van der Waals surface area contributed by atoms with E-state index in [0.717, 1.165) is 5.56 Å². The van der Waals surface area contributed by atoms with Gasteiger partial charge in [0.2, 0.25) is 11.8 Å². The van der Waals surface area contributed by atoms with Crippen LogP contribution in [0, 0.1) is 0 Å². The van der Waals surface area contributed by atoms with Gasteiger partial charge in [0, 0.05) is 19.0 Å². The van der Waals surface area contributed by atoms with Crippen molar-refractivity contribution in [2.24, 2.45) is 0 Å². The molecule has 6 nitrogen and oxygen atoms in total. The van der Waals surface area contributed by atoms with Crippen LogP contribution in [0.2, 0.25) is 0 Å². The summed E-state index contributed by atoms with van der Waals surface area (Å²) in [5.74, 6) is -1.14. The van der Waals surface area contributed by atoms with Crippen LogP contribution in [0.1, 0.15) is 42.6 Å². The minimum Gasteiger partial charge on any atom is -0.478 e. The predicted molar refractivity (Wildman–Crippen MR) is 85.1 cm³/mol. The summed E-state index contributed by atoms with van der Waals surface area (Å²) < 4.78 is 0. The first-order chi connectivity index (χ1) is 10.9. The van der Waals surface area contributed by atoms with E-state index in [1.165, 1.54) is 12.1 Å². The Morgan fingerprint density at radius 2 is 1.96 bits per heavy atom. The van der Waals surface area contributed by atoms with Crippen LogP contribution in [0.5, 0.6) is 0 Å². The van der Waals surface area contributed by atoms with Crippen molar-refractivity contribution in [3.05, 3.63) is 35.4 Å². The van der Waals surface area contributed by atoms with Gasteiger partial charge in [0.1, 0.15) is 6.04 Å². The fourth-order valence-corrected chi connectivity index (χ4v) is 2.69. The number of aromatic carboxylic acids is 1. The largest absolute Gasteiger partial charge is 0.478 e. The van der Waals surface area contributed by atoms with Crippen LogP contribution in [-0.4, -0.2) is 46.4 Å². The first-order valence-electron chi connectivity index (χ1n) is 7.80. The molecule has 6 heteroatoms. The van der Waals surface area contributed by atoms with Gasteiger partial charge in [-0.3, -0.25) is 9.59 Å². The monoisotopic (exact) mass is 318 g/mol. The van der Waals surface area contributed by atoms with Gasteiger partial charge in [-0.25, -0.2) is 4.79 Å². The van der Waals surface area contributed by atoms with Gasteiger partial charge in [0.05, 0.1) is 5.56 Å². The SMILES string of the molecule is CC(C)N1CCC(NC(=O)CCc2ccc(C(=O)O)cc2)C1=O. The van der Waals surface area contributed by atoms with Crippen molar-refractivity contribution in [3.63, 3.8) is 0 Å². The molecule has 1 atom stereocenters. The Hall–Kier alpha value is -2.37. The molecule has 1 unspecified atom stereocenters. The maximum absolute atomic E-state index is 12.1. The summed E-state index contributed by atoms with van der Waals surface area (Å²) in [6.07, 6.45) is 1.44. The second-order valence-electron chi connectivity index (χ2n) is 6.04. The zero-order valence-corrected chi connectivity index (χ0v) is 13.4. The van der Waals surface area contributed by atoms with E-state index in [0.29, 0.717) is 19.4 Å². The van der Waals surface area contributed by atoms with E-state index in [4.69, 9.17) is 5.11 Å². The lowest BCUT2D eigenvalue weighted by Crippen LogP contribution is -2.43. The molecule has 1 aliphatic rings. The summed E-state index contributed by atoms with van der Waals surface area (Å²) in [7, 11) is 0. The molecule has 0 spiro atoms. The van der Waals surface area contributed by atoms with Gasteiger partial charge in [0.25, 0.3) is 0 Å². The number of rotatable bonds is 6. The van der Waals surface area contributed by atoms with Gasteiger partial charge in [0.15, 0.2) is 0 Å². The van der Waals surface area contributed by atoms with E-state index in [1.807, 2.05) is 13.8 Å². The summed E-state index contributed by atoms with van der Waals surface area (Å²) in [5, 5.41) is 11.6. The fourth-order valence-electron chi connectivity index (χ4n) is 2.69. The Balaban J connectivity index is 1.81.